The number of ether oxygens (including phenoxy) is 1. The molecule has 0 aliphatic rings. The summed E-state index contributed by atoms with van der Waals surface area (Å²) in [6.07, 6.45) is -1.62. The smallest absolute Gasteiger partial charge is 0.306 e. The van der Waals surface area contributed by atoms with Gasteiger partial charge in [-0.1, -0.05) is 13.8 Å². The first-order valence-electron chi connectivity index (χ1n) is 10.1. The van der Waals surface area contributed by atoms with Crippen molar-refractivity contribution < 1.29 is 32.2 Å². The van der Waals surface area contributed by atoms with Crippen molar-refractivity contribution in [2.24, 2.45) is 0 Å². The second kappa shape index (κ2) is 8.18. The summed E-state index contributed by atoms with van der Waals surface area (Å²) in [5.41, 5.74) is -0.671. The highest BCUT2D eigenvalue weighted by Gasteiger charge is 2.37. The number of carboxylic acids is 1. The van der Waals surface area contributed by atoms with Gasteiger partial charge in [0.05, 0.1) is 24.7 Å². The second-order valence-electron chi connectivity index (χ2n) is 8.50. The molecule has 2 N–H and O–H groups in total. The molecule has 6 nitrogen and oxygen atoms in total. The summed E-state index contributed by atoms with van der Waals surface area (Å²) in [5.74, 6) is -4.45. The number of aromatic nitrogens is 3. The molecule has 2 heterocycles. The van der Waals surface area contributed by atoms with Gasteiger partial charge < -0.3 is 14.4 Å². The van der Waals surface area contributed by atoms with Gasteiger partial charge in [0.2, 0.25) is 0 Å². The Balaban J connectivity index is 2.22. The van der Waals surface area contributed by atoms with E-state index in [2.05, 4.69) is 10.2 Å². The normalized spacial score (nSPS) is 13.2. The number of methoxy groups -OCH3 is 1. The number of rotatable bonds is 7. The van der Waals surface area contributed by atoms with Crippen LogP contribution in [0.1, 0.15) is 37.7 Å². The number of carboxylic acid groups (broad SMARTS) is 1. The second-order valence-corrected chi connectivity index (χ2v) is 8.50. The molecule has 4 aromatic rings. The highest BCUT2D eigenvalue weighted by Crippen LogP contribution is 2.44. The number of H-pyrrole nitrogens is 1. The number of benzene rings is 2. The quantitative estimate of drug-likeness (QED) is 0.363. The standard InChI is InChI=1S/C23H21F4N3O3/c1-23(2,10-33-3)22-18(15(26)8-17(31)32)19-16(6-11-9-28-29-21(11)20(19)27)30(22)12-4-5-13(24)14(25)7-12/h4-7,9,15H,8,10H2,1-3H3,(H,28,29)(H,31,32)/t15-/m1/s1. The lowest BCUT2D eigenvalue weighted by Gasteiger charge is -2.28. The predicted octanol–water partition coefficient (Wildman–Crippen LogP) is 5.33. The summed E-state index contributed by atoms with van der Waals surface area (Å²) >= 11 is 0. The molecule has 0 radical (unpaired) electrons. The average molecular weight is 463 g/mol. The summed E-state index contributed by atoms with van der Waals surface area (Å²) in [6.45, 7) is 3.48. The number of hydrogen-bond donors (Lipinski definition) is 2. The third kappa shape index (κ3) is 3.74. The minimum Gasteiger partial charge on any atom is -0.481 e. The molecule has 0 amide bonds. The van der Waals surface area contributed by atoms with Crippen LogP contribution in [-0.4, -0.2) is 39.6 Å². The number of alkyl halides is 1. The van der Waals surface area contributed by atoms with Crippen LogP contribution >= 0.6 is 0 Å². The molecule has 174 valence electrons. The lowest BCUT2D eigenvalue weighted by Crippen LogP contribution is -2.28. The van der Waals surface area contributed by atoms with E-state index in [1.165, 1.54) is 23.9 Å². The average Bonchev–Trinajstić information content (AvgIpc) is 3.33. The molecular weight excluding hydrogens is 442 g/mol. The van der Waals surface area contributed by atoms with Gasteiger partial charge in [-0.3, -0.25) is 9.89 Å². The zero-order chi connectivity index (χ0) is 24.1. The molecule has 2 aromatic heterocycles. The maximum Gasteiger partial charge on any atom is 0.306 e. The first-order valence-corrected chi connectivity index (χ1v) is 10.1. The van der Waals surface area contributed by atoms with E-state index in [1.807, 2.05) is 0 Å². The van der Waals surface area contributed by atoms with E-state index < -0.39 is 41.4 Å². The van der Waals surface area contributed by atoms with E-state index in [0.717, 1.165) is 12.1 Å². The number of nitrogens with zero attached hydrogens (tertiary/aromatic N) is 2. The Kier molecular flexibility index (Phi) is 5.65. The van der Waals surface area contributed by atoms with Crippen molar-refractivity contribution in [1.82, 2.24) is 14.8 Å². The van der Waals surface area contributed by atoms with Crippen LogP contribution in [-0.2, 0) is 14.9 Å². The summed E-state index contributed by atoms with van der Waals surface area (Å²) in [4.78, 5) is 11.3. The van der Waals surface area contributed by atoms with E-state index >= 15 is 8.78 Å². The molecule has 0 aliphatic heterocycles. The molecule has 0 bridgehead atoms. The Labute approximate surface area is 185 Å². The summed E-state index contributed by atoms with van der Waals surface area (Å²) in [5, 5.41) is 15.8. The van der Waals surface area contributed by atoms with Crippen molar-refractivity contribution in [2.45, 2.75) is 31.9 Å². The summed E-state index contributed by atoms with van der Waals surface area (Å²) in [7, 11) is 1.44. The SMILES string of the molecule is COCC(C)(C)c1c([C@H](F)CC(=O)O)c2c(F)c3[nH]ncc3cc2n1-c1ccc(F)c(F)c1. The van der Waals surface area contributed by atoms with Crippen molar-refractivity contribution in [3.05, 3.63) is 59.2 Å². The minimum atomic E-state index is -2.09. The molecule has 0 saturated heterocycles. The van der Waals surface area contributed by atoms with E-state index in [1.54, 1.807) is 19.9 Å². The van der Waals surface area contributed by atoms with Gasteiger partial charge in [-0.05, 0) is 18.2 Å². The molecule has 0 fully saturated rings. The first kappa shape index (κ1) is 22.8. The largest absolute Gasteiger partial charge is 0.481 e. The van der Waals surface area contributed by atoms with Crippen molar-refractivity contribution in [1.29, 1.82) is 0 Å². The van der Waals surface area contributed by atoms with Gasteiger partial charge in [0.25, 0.3) is 0 Å². The molecule has 0 saturated carbocycles. The van der Waals surface area contributed by atoms with Crippen LogP contribution < -0.4 is 0 Å². The van der Waals surface area contributed by atoms with Crippen LogP contribution in [0, 0.1) is 17.5 Å². The number of hydrogen-bond acceptors (Lipinski definition) is 3. The van der Waals surface area contributed by atoms with Crippen LogP contribution in [0.2, 0.25) is 0 Å². The molecule has 10 heteroatoms. The number of fused-ring (bicyclic) bond motifs is 2. The molecule has 0 unspecified atom stereocenters. The van der Waals surface area contributed by atoms with Crippen molar-refractivity contribution in [3.63, 3.8) is 0 Å². The Hall–Kier alpha value is -3.40. The van der Waals surface area contributed by atoms with Crippen molar-refractivity contribution in [2.75, 3.05) is 13.7 Å². The van der Waals surface area contributed by atoms with Gasteiger partial charge in [-0.2, -0.15) is 5.10 Å². The molecule has 0 spiro atoms. The zero-order valence-corrected chi connectivity index (χ0v) is 18.0. The minimum absolute atomic E-state index is 0.0183. The van der Waals surface area contributed by atoms with E-state index in [9.17, 15) is 18.7 Å². The third-order valence-electron chi connectivity index (χ3n) is 5.62. The van der Waals surface area contributed by atoms with Crippen LogP contribution in [0.15, 0.2) is 30.5 Å². The molecule has 2 aromatic carbocycles. The fourth-order valence-corrected chi connectivity index (χ4v) is 4.38. The molecule has 4 rings (SSSR count). The summed E-state index contributed by atoms with van der Waals surface area (Å²) in [6, 6.07) is 4.67. The molecule has 0 aliphatic carbocycles. The van der Waals surface area contributed by atoms with Crippen LogP contribution in [0.4, 0.5) is 17.6 Å². The molecular formula is C23H21F4N3O3. The van der Waals surface area contributed by atoms with Crippen LogP contribution in [0.3, 0.4) is 0 Å². The lowest BCUT2D eigenvalue weighted by atomic mass is 9.85. The predicted molar refractivity (Wildman–Crippen MR) is 114 cm³/mol. The third-order valence-corrected chi connectivity index (χ3v) is 5.62. The van der Waals surface area contributed by atoms with Crippen LogP contribution in [0.25, 0.3) is 27.5 Å². The maximum absolute atomic E-state index is 15.7. The van der Waals surface area contributed by atoms with E-state index in [4.69, 9.17) is 4.74 Å². The number of nitrogens with one attached hydrogen (secondary N) is 1. The van der Waals surface area contributed by atoms with Crippen molar-refractivity contribution in [3.8, 4) is 5.69 Å². The van der Waals surface area contributed by atoms with Gasteiger partial charge in [-0.15, -0.1) is 0 Å². The number of carbonyl (C=O) groups is 1. The summed E-state index contributed by atoms with van der Waals surface area (Å²) < 4.78 is 65.9. The Morgan fingerprint density at radius 3 is 2.61 bits per heavy atom. The highest BCUT2D eigenvalue weighted by atomic mass is 19.2. The fourth-order valence-electron chi connectivity index (χ4n) is 4.38. The monoisotopic (exact) mass is 463 g/mol. The highest BCUT2D eigenvalue weighted by molar-refractivity contribution is 6.00. The lowest BCUT2D eigenvalue weighted by molar-refractivity contribution is -0.138. The fraction of sp³-hybridized carbons (Fsp3) is 0.304. The number of aliphatic carboxylic acids is 1. The molecule has 1 atom stereocenters. The van der Waals surface area contributed by atoms with Gasteiger partial charge in [-0.25, -0.2) is 17.6 Å². The number of halogens is 4. The van der Waals surface area contributed by atoms with E-state index in [0.29, 0.717) is 5.39 Å². The Morgan fingerprint density at radius 1 is 1.24 bits per heavy atom. The Bertz CT molecular complexity index is 1380. The zero-order valence-electron chi connectivity index (χ0n) is 18.0. The molecule has 33 heavy (non-hydrogen) atoms. The Morgan fingerprint density at radius 2 is 1.97 bits per heavy atom. The van der Waals surface area contributed by atoms with Gasteiger partial charge in [0, 0.05) is 46.3 Å². The maximum atomic E-state index is 15.7. The van der Waals surface area contributed by atoms with Gasteiger partial charge in [0.1, 0.15) is 11.7 Å². The van der Waals surface area contributed by atoms with Gasteiger partial charge in [0.15, 0.2) is 17.5 Å². The van der Waals surface area contributed by atoms with Gasteiger partial charge >= 0.3 is 5.97 Å². The van der Waals surface area contributed by atoms with E-state index in [-0.39, 0.29) is 40.0 Å². The first-order chi connectivity index (χ1) is 15.6. The topological polar surface area (TPSA) is 80.1 Å². The van der Waals surface area contributed by atoms with Crippen LogP contribution in [0.5, 0.6) is 0 Å². The van der Waals surface area contributed by atoms with Crippen molar-refractivity contribution >= 4 is 27.8 Å². The number of aromatic amines is 1.